The van der Waals surface area contributed by atoms with Crippen LogP contribution in [0.4, 0.5) is 15.9 Å². The van der Waals surface area contributed by atoms with Crippen molar-refractivity contribution in [1.82, 2.24) is 20.2 Å². The third-order valence-electron chi connectivity index (χ3n) is 6.64. The van der Waals surface area contributed by atoms with Crippen molar-refractivity contribution in [2.75, 3.05) is 31.5 Å². The number of aromatic nitrogens is 2. The summed E-state index contributed by atoms with van der Waals surface area (Å²) in [5.41, 5.74) is 2.45. The number of carbonyl (C=O) groups excluding carboxylic acids is 1. The van der Waals surface area contributed by atoms with Gasteiger partial charge in [0.15, 0.2) is 0 Å². The van der Waals surface area contributed by atoms with Gasteiger partial charge in [0.2, 0.25) is 5.91 Å². The van der Waals surface area contributed by atoms with E-state index in [4.69, 9.17) is 16.3 Å². The SMILES string of the molecule is Cl.O=C(Cc1ccc2c(c1)sc1ncnc(Nc3ccc(OCc4cccc(F)c4)c(Cl)c3)c12)N1CCNCC1. The highest BCUT2D eigenvalue weighted by atomic mass is 35.5. The number of nitrogens with one attached hydrogen (secondary N) is 2. The number of ether oxygens (including phenoxy) is 1. The molecule has 0 spiro atoms. The van der Waals surface area contributed by atoms with E-state index in [2.05, 4.69) is 26.7 Å². The van der Waals surface area contributed by atoms with Gasteiger partial charge in [-0.25, -0.2) is 14.4 Å². The zero-order chi connectivity index (χ0) is 26.8. The quantitative estimate of drug-likeness (QED) is 0.227. The molecule has 1 saturated heterocycles. The fourth-order valence-electron chi connectivity index (χ4n) is 4.68. The first-order valence-corrected chi connectivity index (χ1v) is 13.8. The number of benzene rings is 3. The minimum atomic E-state index is -0.307. The van der Waals surface area contributed by atoms with Gasteiger partial charge in [0.1, 0.15) is 35.1 Å². The van der Waals surface area contributed by atoms with Gasteiger partial charge in [-0.05, 0) is 47.5 Å². The number of carbonyl (C=O) groups is 1. The normalized spacial score (nSPS) is 13.3. The molecule has 1 aliphatic rings. The first-order chi connectivity index (χ1) is 19.0. The average Bonchev–Trinajstić information content (AvgIpc) is 3.32. The van der Waals surface area contributed by atoms with Crippen LogP contribution in [0.15, 0.2) is 67.0 Å². The molecule has 3 heterocycles. The zero-order valence-electron chi connectivity index (χ0n) is 21.3. The molecule has 206 valence electrons. The largest absolute Gasteiger partial charge is 0.487 e. The number of thiophene rings is 1. The van der Waals surface area contributed by atoms with Gasteiger partial charge in [0.05, 0.1) is 16.8 Å². The molecule has 40 heavy (non-hydrogen) atoms. The van der Waals surface area contributed by atoms with Gasteiger partial charge in [-0.15, -0.1) is 23.7 Å². The molecule has 6 rings (SSSR count). The van der Waals surface area contributed by atoms with E-state index < -0.39 is 0 Å². The fraction of sp³-hybridized carbons (Fsp3) is 0.207. The molecular weight excluding hydrogens is 572 g/mol. The van der Waals surface area contributed by atoms with Crippen molar-refractivity contribution in [3.63, 3.8) is 0 Å². The lowest BCUT2D eigenvalue weighted by Crippen LogP contribution is -2.46. The van der Waals surface area contributed by atoms with E-state index in [1.807, 2.05) is 23.1 Å². The summed E-state index contributed by atoms with van der Waals surface area (Å²) >= 11 is 8.07. The Balaban J connectivity index is 0.00000323. The van der Waals surface area contributed by atoms with E-state index in [1.165, 1.54) is 18.5 Å². The lowest BCUT2D eigenvalue weighted by molar-refractivity contribution is -0.131. The monoisotopic (exact) mass is 597 g/mol. The van der Waals surface area contributed by atoms with Crippen molar-refractivity contribution < 1.29 is 13.9 Å². The molecule has 1 amide bonds. The molecule has 11 heteroatoms. The van der Waals surface area contributed by atoms with Crippen molar-refractivity contribution in [2.45, 2.75) is 13.0 Å². The fourth-order valence-corrected chi connectivity index (χ4v) is 6.02. The van der Waals surface area contributed by atoms with E-state index in [-0.39, 0.29) is 30.7 Å². The van der Waals surface area contributed by atoms with Crippen LogP contribution in [0.25, 0.3) is 20.3 Å². The minimum absolute atomic E-state index is 0. The smallest absolute Gasteiger partial charge is 0.227 e. The maximum atomic E-state index is 13.4. The Morgan fingerprint density at radius 1 is 1.07 bits per heavy atom. The second-order valence-corrected chi connectivity index (χ2v) is 10.8. The molecule has 0 aliphatic carbocycles. The summed E-state index contributed by atoms with van der Waals surface area (Å²) in [6, 6.07) is 17.8. The number of hydrogen-bond acceptors (Lipinski definition) is 7. The first kappa shape index (κ1) is 28.0. The number of halogens is 3. The van der Waals surface area contributed by atoms with Crippen LogP contribution in [-0.4, -0.2) is 47.0 Å². The number of anilines is 2. The molecule has 7 nitrogen and oxygen atoms in total. The Morgan fingerprint density at radius 2 is 1.93 bits per heavy atom. The Kier molecular flexibility index (Phi) is 8.66. The van der Waals surface area contributed by atoms with Gasteiger partial charge in [-0.3, -0.25) is 4.79 Å². The second-order valence-electron chi connectivity index (χ2n) is 9.33. The standard InChI is InChI=1S/C29H25ClFN5O2S.ClH/c30-23-15-21(5-7-24(23)38-16-19-2-1-3-20(31)12-19)35-28-27-22-6-4-18(13-25(22)39-29(27)34-17-33-28)14-26(37)36-10-8-32-9-11-36;/h1-7,12-13,15,17,32H,8-11,14,16H2,(H,33,34,35);1H. The maximum absolute atomic E-state index is 13.4. The molecule has 2 aromatic heterocycles. The Bertz CT molecular complexity index is 1680. The van der Waals surface area contributed by atoms with Crippen LogP contribution in [-0.2, 0) is 17.8 Å². The average molecular weight is 599 g/mol. The predicted molar refractivity (Wildman–Crippen MR) is 161 cm³/mol. The number of nitrogens with zero attached hydrogens (tertiary/aromatic N) is 3. The van der Waals surface area contributed by atoms with Crippen molar-refractivity contribution >= 4 is 73.1 Å². The summed E-state index contributed by atoms with van der Waals surface area (Å²) in [5.74, 6) is 1.02. The summed E-state index contributed by atoms with van der Waals surface area (Å²) in [6.07, 6.45) is 1.92. The first-order valence-electron chi connectivity index (χ1n) is 12.6. The van der Waals surface area contributed by atoms with Crippen LogP contribution in [0.3, 0.4) is 0 Å². The van der Waals surface area contributed by atoms with Crippen molar-refractivity contribution in [1.29, 1.82) is 0 Å². The second kappa shape index (κ2) is 12.3. The topological polar surface area (TPSA) is 79.4 Å². The lowest BCUT2D eigenvalue weighted by atomic mass is 10.1. The van der Waals surface area contributed by atoms with E-state index in [0.29, 0.717) is 23.0 Å². The van der Waals surface area contributed by atoms with Crippen LogP contribution >= 0.6 is 35.3 Å². The van der Waals surface area contributed by atoms with Crippen LogP contribution < -0.4 is 15.4 Å². The van der Waals surface area contributed by atoms with Crippen molar-refractivity contribution in [2.24, 2.45) is 0 Å². The Labute approximate surface area is 245 Å². The van der Waals surface area contributed by atoms with Crippen LogP contribution in [0.1, 0.15) is 11.1 Å². The van der Waals surface area contributed by atoms with Gasteiger partial charge < -0.3 is 20.3 Å². The molecule has 2 N–H and O–H groups in total. The number of hydrogen-bond donors (Lipinski definition) is 2. The van der Waals surface area contributed by atoms with E-state index in [0.717, 1.165) is 63.3 Å². The molecule has 0 bridgehead atoms. The summed E-state index contributed by atoms with van der Waals surface area (Å²) in [7, 11) is 0. The molecule has 0 unspecified atom stereocenters. The van der Waals surface area contributed by atoms with Crippen molar-refractivity contribution in [3.8, 4) is 5.75 Å². The molecule has 0 saturated carbocycles. The van der Waals surface area contributed by atoms with Crippen LogP contribution in [0.5, 0.6) is 5.75 Å². The van der Waals surface area contributed by atoms with Crippen molar-refractivity contribution in [3.05, 3.63) is 89.0 Å². The maximum Gasteiger partial charge on any atom is 0.227 e. The molecule has 0 atom stereocenters. The highest BCUT2D eigenvalue weighted by molar-refractivity contribution is 7.25. The lowest BCUT2D eigenvalue weighted by Gasteiger charge is -2.27. The number of piperazine rings is 1. The number of fused-ring (bicyclic) bond motifs is 3. The molecule has 1 fully saturated rings. The Hall–Kier alpha value is -3.50. The van der Waals surface area contributed by atoms with Gasteiger partial charge in [0, 0.05) is 42.0 Å². The highest BCUT2D eigenvalue weighted by Crippen LogP contribution is 2.38. The summed E-state index contributed by atoms with van der Waals surface area (Å²) in [6.45, 7) is 3.38. The zero-order valence-corrected chi connectivity index (χ0v) is 23.7. The molecule has 1 aliphatic heterocycles. The third-order valence-corrected chi connectivity index (χ3v) is 7.99. The predicted octanol–water partition coefficient (Wildman–Crippen LogP) is 6.36. The van der Waals surface area contributed by atoms with Gasteiger partial charge in [0.25, 0.3) is 0 Å². The van der Waals surface area contributed by atoms with Crippen LogP contribution in [0, 0.1) is 5.82 Å². The van der Waals surface area contributed by atoms with Gasteiger partial charge >= 0.3 is 0 Å². The summed E-state index contributed by atoms with van der Waals surface area (Å²) in [4.78, 5) is 24.5. The molecule has 3 aromatic carbocycles. The summed E-state index contributed by atoms with van der Waals surface area (Å²) in [5, 5.41) is 9.01. The van der Waals surface area contributed by atoms with E-state index >= 15 is 0 Å². The van der Waals surface area contributed by atoms with Crippen LogP contribution in [0.2, 0.25) is 5.02 Å². The minimum Gasteiger partial charge on any atom is -0.487 e. The van der Waals surface area contributed by atoms with E-state index in [9.17, 15) is 9.18 Å². The summed E-state index contributed by atoms with van der Waals surface area (Å²) < 4.78 is 20.3. The Morgan fingerprint density at radius 3 is 2.73 bits per heavy atom. The molecular formula is C29H26Cl2FN5O2S. The number of amides is 1. The number of rotatable bonds is 7. The molecule has 5 aromatic rings. The van der Waals surface area contributed by atoms with Gasteiger partial charge in [-0.1, -0.05) is 35.9 Å². The van der Waals surface area contributed by atoms with Gasteiger partial charge in [-0.2, -0.15) is 0 Å². The van der Waals surface area contributed by atoms with E-state index in [1.54, 1.807) is 35.6 Å². The third kappa shape index (κ3) is 6.13. The molecule has 0 radical (unpaired) electrons. The highest BCUT2D eigenvalue weighted by Gasteiger charge is 2.18.